The molecule has 1 aromatic rings. The zero-order valence-corrected chi connectivity index (χ0v) is 13.0. The van der Waals surface area contributed by atoms with Gasteiger partial charge in [-0.2, -0.15) is 0 Å². The first-order valence-electron chi connectivity index (χ1n) is 6.58. The number of carboxylic acids is 1. The van der Waals surface area contributed by atoms with Crippen LogP contribution in [0.4, 0.5) is 4.79 Å². The standard InChI is InChI=1S/C13H21N3O3S/c1-5-10-6-14-12(20-10)9(4)15-13(19)16(8(2)3)7-11(17)18/h6,8-9H,5,7H2,1-4H3,(H,15,19)(H,17,18). The Hall–Kier alpha value is -1.63. The molecule has 0 spiro atoms. The zero-order chi connectivity index (χ0) is 15.3. The Morgan fingerprint density at radius 1 is 1.45 bits per heavy atom. The number of nitrogens with one attached hydrogen (secondary N) is 1. The lowest BCUT2D eigenvalue weighted by Crippen LogP contribution is -2.47. The van der Waals surface area contributed by atoms with E-state index in [2.05, 4.69) is 10.3 Å². The molecule has 0 aliphatic carbocycles. The van der Waals surface area contributed by atoms with Gasteiger partial charge in [-0.25, -0.2) is 9.78 Å². The Kier molecular flexibility index (Phi) is 5.94. The van der Waals surface area contributed by atoms with Crippen molar-refractivity contribution in [2.45, 2.75) is 46.2 Å². The number of carbonyl (C=O) groups excluding carboxylic acids is 1. The van der Waals surface area contributed by atoms with E-state index in [1.165, 1.54) is 4.90 Å². The van der Waals surface area contributed by atoms with Crippen LogP contribution in [-0.2, 0) is 11.2 Å². The topological polar surface area (TPSA) is 82.5 Å². The lowest BCUT2D eigenvalue weighted by atomic mass is 10.3. The predicted octanol–water partition coefficient (Wildman–Crippen LogP) is 2.27. The van der Waals surface area contributed by atoms with Gasteiger partial charge in [0.1, 0.15) is 11.6 Å². The summed E-state index contributed by atoms with van der Waals surface area (Å²) in [5.74, 6) is -1.02. The van der Waals surface area contributed by atoms with Crippen LogP contribution in [-0.4, -0.2) is 39.6 Å². The molecule has 0 aromatic carbocycles. The van der Waals surface area contributed by atoms with Crippen LogP contribution in [0.2, 0.25) is 0 Å². The van der Waals surface area contributed by atoms with Crippen LogP contribution in [0.3, 0.4) is 0 Å². The summed E-state index contributed by atoms with van der Waals surface area (Å²) in [5, 5.41) is 12.5. The molecule has 0 radical (unpaired) electrons. The molecule has 0 saturated carbocycles. The smallest absolute Gasteiger partial charge is 0.323 e. The number of amides is 2. The molecule has 0 aliphatic heterocycles. The number of urea groups is 1. The maximum absolute atomic E-state index is 12.1. The van der Waals surface area contributed by atoms with Crippen LogP contribution in [0.5, 0.6) is 0 Å². The summed E-state index contributed by atoms with van der Waals surface area (Å²) >= 11 is 1.56. The number of thiazole rings is 1. The summed E-state index contributed by atoms with van der Waals surface area (Å²) in [7, 11) is 0. The molecule has 7 heteroatoms. The van der Waals surface area contributed by atoms with Crippen LogP contribution in [0.15, 0.2) is 6.20 Å². The Morgan fingerprint density at radius 2 is 2.10 bits per heavy atom. The van der Waals surface area contributed by atoms with Crippen LogP contribution in [0, 0.1) is 0 Å². The van der Waals surface area contributed by atoms with Crippen molar-refractivity contribution < 1.29 is 14.7 Å². The molecule has 1 rings (SSSR count). The van der Waals surface area contributed by atoms with Gasteiger partial charge in [-0.3, -0.25) is 4.79 Å². The number of aromatic nitrogens is 1. The van der Waals surface area contributed by atoms with Gasteiger partial charge in [0.05, 0.1) is 6.04 Å². The number of rotatable bonds is 6. The molecule has 1 atom stereocenters. The summed E-state index contributed by atoms with van der Waals surface area (Å²) in [6.45, 7) is 7.15. The molecule has 1 aromatic heterocycles. The van der Waals surface area contributed by atoms with E-state index in [4.69, 9.17) is 5.11 Å². The van der Waals surface area contributed by atoms with E-state index in [0.717, 1.165) is 16.3 Å². The molecule has 0 bridgehead atoms. The summed E-state index contributed by atoms with van der Waals surface area (Å²) in [6.07, 6.45) is 2.72. The largest absolute Gasteiger partial charge is 0.480 e. The second-order valence-electron chi connectivity index (χ2n) is 4.80. The van der Waals surface area contributed by atoms with Crippen molar-refractivity contribution in [2.75, 3.05) is 6.54 Å². The predicted molar refractivity (Wildman–Crippen MR) is 77.9 cm³/mol. The van der Waals surface area contributed by atoms with Crippen molar-refractivity contribution in [3.8, 4) is 0 Å². The van der Waals surface area contributed by atoms with Crippen LogP contribution in [0.25, 0.3) is 0 Å². The molecule has 112 valence electrons. The first-order valence-corrected chi connectivity index (χ1v) is 7.40. The van der Waals surface area contributed by atoms with Gasteiger partial charge in [-0.05, 0) is 27.2 Å². The van der Waals surface area contributed by atoms with Crippen molar-refractivity contribution in [3.05, 3.63) is 16.1 Å². The van der Waals surface area contributed by atoms with E-state index in [1.807, 2.05) is 13.8 Å². The Labute approximate surface area is 122 Å². The van der Waals surface area contributed by atoms with Crippen molar-refractivity contribution in [2.24, 2.45) is 0 Å². The van der Waals surface area contributed by atoms with Crippen molar-refractivity contribution in [1.82, 2.24) is 15.2 Å². The van der Waals surface area contributed by atoms with Crippen LogP contribution in [0.1, 0.15) is 43.6 Å². The number of aryl methyl sites for hydroxylation is 1. The minimum Gasteiger partial charge on any atom is -0.480 e. The van der Waals surface area contributed by atoms with Gasteiger partial charge in [0.2, 0.25) is 0 Å². The average molecular weight is 299 g/mol. The van der Waals surface area contributed by atoms with E-state index < -0.39 is 5.97 Å². The maximum atomic E-state index is 12.1. The van der Waals surface area contributed by atoms with E-state index in [9.17, 15) is 9.59 Å². The summed E-state index contributed by atoms with van der Waals surface area (Å²) in [6, 6.07) is -0.799. The molecule has 0 aliphatic rings. The maximum Gasteiger partial charge on any atom is 0.323 e. The molecule has 20 heavy (non-hydrogen) atoms. The van der Waals surface area contributed by atoms with Crippen LogP contribution < -0.4 is 5.32 Å². The summed E-state index contributed by atoms with van der Waals surface area (Å²) in [5.41, 5.74) is 0. The highest BCUT2D eigenvalue weighted by atomic mass is 32.1. The van der Waals surface area contributed by atoms with Gasteiger partial charge in [-0.15, -0.1) is 11.3 Å². The summed E-state index contributed by atoms with van der Waals surface area (Å²) < 4.78 is 0. The molecule has 0 fully saturated rings. The fraction of sp³-hybridized carbons (Fsp3) is 0.615. The monoisotopic (exact) mass is 299 g/mol. The van der Waals surface area contributed by atoms with Crippen molar-refractivity contribution in [3.63, 3.8) is 0 Å². The lowest BCUT2D eigenvalue weighted by molar-refractivity contribution is -0.138. The third-order valence-corrected chi connectivity index (χ3v) is 4.14. The van der Waals surface area contributed by atoms with Gasteiger partial charge >= 0.3 is 12.0 Å². The van der Waals surface area contributed by atoms with E-state index in [0.29, 0.717) is 0 Å². The van der Waals surface area contributed by atoms with E-state index >= 15 is 0 Å². The quantitative estimate of drug-likeness (QED) is 0.844. The third kappa shape index (κ3) is 4.48. The highest BCUT2D eigenvalue weighted by Crippen LogP contribution is 2.20. The highest BCUT2D eigenvalue weighted by Gasteiger charge is 2.22. The number of hydrogen-bond acceptors (Lipinski definition) is 4. The molecule has 2 amide bonds. The Balaban J connectivity index is 2.69. The SMILES string of the molecule is CCc1cnc(C(C)NC(=O)N(CC(=O)O)C(C)C)s1. The molecular weight excluding hydrogens is 278 g/mol. The zero-order valence-electron chi connectivity index (χ0n) is 12.2. The van der Waals surface area contributed by atoms with Crippen LogP contribution >= 0.6 is 11.3 Å². The molecular formula is C13H21N3O3S. The highest BCUT2D eigenvalue weighted by molar-refractivity contribution is 7.11. The summed E-state index contributed by atoms with van der Waals surface area (Å²) in [4.78, 5) is 29.6. The van der Waals surface area contributed by atoms with Gasteiger partial charge in [0.25, 0.3) is 0 Å². The fourth-order valence-corrected chi connectivity index (χ4v) is 2.51. The second kappa shape index (κ2) is 7.23. The van der Waals surface area contributed by atoms with Gasteiger partial charge in [0, 0.05) is 17.1 Å². The molecule has 6 nitrogen and oxygen atoms in total. The molecule has 1 unspecified atom stereocenters. The number of nitrogens with zero attached hydrogens (tertiary/aromatic N) is 2. The minimum atomic E-state index is -1.02. The van der Waals surface area contributed by atoms with Crippen molar-refractivity contribution >= 4 is 23.3 Å². The van der Waals surface area contributed by atoms with E-state index in [-0.39, 0.29) is 24.7 Å². The number of hydrogen-bond donors (Lipinski definition) is 2. The first-order chi connectivity index (χ1) is 9.35. The fourth-order valence-electron chi connectivity index (χ4n) is 1.65. The molecule has 1 heterocycles. The molecule has 2 N–H and O–H groups in total. The third-order valence-electron chi connectivity index (χ3n) is 2.82. The van der Waals surface area contributed by atoms with Gasteiger partial charge in [-0.1, -0.05) is 6.92 Å². The van der Waals surface area contributed by atoms with E-state index in [1.54, 1.807) is 31.4 Å². The second-order valence-corrected chi connectivity index (χ2v) is 5.95. The number of carbonyl (C=O) groups is 2. The Bertz CT molecular complexity index is 473. The molecule has 0 saturated heterocycles. The minimum absolute atomic E-state index is 0.180. The Morgan fingerprint density at radius 3 is 2.55 bits per heavy atom. The van der Waals surface area contributed by atoms with Gasteiger partial charge in [0.15, 0.2) is 0 Å². The first kappa shape index (κ1) is 16.4. The van der Waals surface area contributed by atoms with Gasteiger partial charge < -0.3 is 15.3 Å². The van der Waals surface area contributed by atoms with Crippen molar-refractivity contribution in [1.29, 1.82) is 0 Å². The number of aliphatic carboxylic acids is 1. The number of carboxylic acid groups (broad SMARTS) is 1. The average Bonchev–Trinajstić information content (AvgIpc) is 2.83. The lowest BCUT2D eigenvalue weighted by Gasteiger charge is -2.26. The normalized spacial score (nSPS) is 12.2.